The van der Waals surface area contributed by atoms with Gasteiger partial charge in [0.25, 0.3) is 0 Å². The van der Waals surface area contributed by atoms with E-state index in [1.807, 2.05) is 0 Å². The number of nitrogens with one attached hydrogen (secondary N) is 1. The molecule has 1 aromatic rings. The number of hydrogen-bond donors (Lipinski definition) is 1. The van der Waals surface area contributed by atoms with Crippen LogP contribution >= 0.6 is 0 Å². The maximum absolute atomic E-state index is 4.63. The third-order valence-corrected chi connectivity index (χ3v) is 3.69. The normalized spacial score (nSPS) is 17.3. The number of anilines is 1. The maximum atomic E-state index is 4.63. The Kier molecular flexibility index (Phi) is 3.98. The second-order valence-corrected chi connectivity index (χ2v) is 6.84. The average molecular weight is 249 g/mol. The minimum atomic E-state index is 0.378. The molecular weight excluding hydrogens is 222 g/mol. The Hall–Kier alpha value is -0.990. The van der Waals surface area contributed by atoms with Gasteiger partial charge in [0.1, 0.15) is 0 Å². The van der Waals surface area contributed by atoms with Crippen molar-refractivity contribution in [3.05, 3.63) is 11.9 Å². The average Bonchev–Trinajstić information content (AvgIpc) is 2.85. The van der Waals surface area contributed by atoms with Gasteiger partial charge in [-0.15, -0.1) is 0 Å². The Morgan fingerprint density at radius 2 is 2.00 bits per heavy atom. The predicted octanol–water partition coefficient (Wildman–Crippen LogP) is 3.98. The molecule has 2 rings (SSSR count). The number of hydrogen-bond acceptors (Lipinski definition) is 2. The highest BCUT2D eigenvalue weighted by atomic mass is 15.2. The number of imidazole rings is 1. The molecule has 3 nitrogen and oxygen atoms in total. The molecule has 102 valence electrons. The van der Waals surface area contributed by atoms with E-state index < -0.39 is 0 Å². The first-order chi connectivity index (χ1) is 8.44. The van der Waals surface area contributed by atoms with Crippen LogP contribution in [0.2, 0.25) is 0 Å². The molecule has 1 saturated carbocycles. The van der Waals surface area contributed by atoms with Crippen LogP contribution in [-0.2, 0) is 6.54 Å². The van der Waals surface area contributed by atoms with Crippen LogP contribution in [0.5, 0.6) is 0 Å². The molecule has 1 heterocycles. The van der Waals surface area contributed by atoms with Gasteiger partial charge < -0.3 is 9.88 Å². The molecule has 0 spiro atoms. The van der Waals surface area contributed by atoms with E-state index in [1.165, 1.54) is 32.1 Å². The third kappa shape index (κ3) is 3.76. The highest BCUT2D eigenvalue weighted by Crippen LogP contribution is 2.24. The lowest BCUT2D eigenvalue weighted by Gasteiger charge is -2.20. The third-order valence-electron chi connectivity index (χ3n) is 3.69. The standard InChI is InChI=1S/C15H27N3/c1-12-11-18(10-9-15(2,3)4)14(16-12)17-13-7-5-6-8-13/h11,13H,5-10H2,1-4H3,(H,16,17). The zero-order valence-electron chi connectivity index (χ0n) is 12.3. The van der Waals surface area contributed by atoms with Crippen molar-refractivity contribution in [1.82, 2.24) is 9.55 Å². The van der Waals surface area contributed by atoms with E-state index >= 15 is 0 Å². The van der Waals surface area contributed by atoms with E-state index in [4.69, 9.17) is 0 Å². The fourth-order valence-electron chi connectivity index (χ4n) is 2.54. The molecule has 0 unspecified atom stereocenters. The summed E-state index contributed by atoms with van der Waals surface area (Å²) in [4.78, 5) is 4.63. The Balaban J connectivity index is 2.00. The fourth-order valence-corrected chi connectivity index (χ4v) is 2.54. The van der Waals surface area contributed by atoms with Gasteiger partial charge >= 0.3 is 0 Å². The topological polar surface area (TPSA) is 29.9 Å². The first kappa shape index (κ1) is 13.4. The van der Waals surface area contributed by atoms with Crippen molar-refractivity contribution in [1.29, 1.82) is 0 Å². The van der Waals surface area contributed by atoms with E-state index in [0.29, 0.717) is 11.5 Å². The summed E-state index contributed by atoms with van der Waals surface area (Å²) in [6.07, 6.45) is 8.67. The molecule has 0 aliphatic heterocycles. The van der Waals surface area contributed by atoms with E-state index in [0.717, 1.165) is 18.2 Å². The van der Waals surface area contributed by atoms with Crippen LogP contribution in [0.25, 0.3) is 0 Å². The van der Waals surface area contributed by atoms with Gasteiger partial charge in [-0.3, -0.25) is 0 Å². The first-order valence-corrected chi connectivity index (χ1v) is 7.24. The molecule has 1 aliphatic carbocycles. The highest BCUT2D eigenvalue weighted by Gasteiger charge is 2.18. The summed E-state index contributed by atoms with van der Waals surface area (Å²) in [5.41, 5.74) is 1.49. The van der Waals surface area contributed by atoms with Gasteiger partial charge in [-0.05, 0) is 31.6 Å². The van der Waals surface area contributed by atoms with Gasteiger partial charge in [0.2, 0.25) is 5.95 Å². The monoisotopic (exact) mass is 249 g/mol. The lowest BCUT2D eigenvalue weighted by molar-refractivity contribution is 0.351. The van der Waals surface area contributed by atoms with Crippen molar-refractivity contribution >= 4 is 5.95 Å². The van der Waals surface area contributed by atoms with Crippen LogP contribution in [0.1, 0.15) is 58.6 Å². The Morgan fingerprint density at radius 3 is 2.61 bits per heavy atom. The zero-order chi connectivity index (χ0) is 13.2. The van der Waals surface area contributed by atoms with Crippen LogP contribution in [0.15, 0.2) is 6.20 Å². The van der Waals surface area contributed by atoms with Crippen LogP contribution in [0.4, 0.5) is 5.95 Å². The van der Waals surface area contributed by atoms with Gasteiger partial charge in [0.15, 0.2) is 0 Å². The minimum absolute atomic E-state index is 0.378. The zero-order valence-corrected chi connectivity index (χ0v) is 12.3. The van der Waals surface area contributed by atoms with Crippen molar-refractivity contribution < 1.29 is 0 Å². The van der Waals surface area contributed by atoms with Crippen molar-refractivity contribution in [2.45, 2.75) is 72.4 Å². The second-order valence-electron chi connectivity index (χ2n) is 6.84. The van der Waals surface area contributed by atoms with Crippen molar-refractivity contribution in [3.8, 4) is 0 Å². The second kappa shape index (κ2) is 5.33. The van der Waals surface area contributed by atoms with Crippen LogP contribution < -0.4 is 5.32 Å². The number of aromatic nitrogens is 2. The minimum Gasteiger partial charge on any atom is -0.353 e. The van der Waals surface area contributed by atoms with Crippen LogP contribution in [0.3, 0.4) is 0 Å². The molecule has 1 N–H and O–H groups in total. The molecule has 0 amide bonds. The SMILES string of the molecule is Cc1cn(CCC(C)(C)C)c(NC2CCCC2)n1. The quantitative estimate of drug-likeness (QED) is 0.874. The molecule has 1 aromatic heterocycles. The number of aryl methyl sites for hydroxylation is 2. The molecule has 1 fully saturated rings. The molecule has 0 bridgehead atoms. The number of nitrogens with zero attached hydrogens (tertiary/aromatic N) is 2. The molecule has 0 atom stereocenters. The number of rotatable bonds is 4. The lowest BCUT2D eigenvalue weighted by atomic mass is 9.92. The summed E-state index contributed by atoms with van der Waals surface area (Å²) in [5, 5.41) is 3.62. The summed E-state index contributed by atoms with van der Waals surface area (Å²) in [7, 11) is 0. The molecule has 3 heteroatoms. The molecule has 0 radical (unpaired) electrons. The molecule has 0 saturated heterocycles. The highest BCUT2D eigenvalue weighted by molar-refractivity contribution is 5.30. The van der Waals surface area contributed by atoms with E-state index in [2.05, 4.69) is 48.8 Å². The van der Waals surface area contributed by atoms with Crippen molar-refractivity contribution in [2.24, 2.45) is 5.41 Å². The summed E-state index contributed by atoms with van der Waals surface area (Å²) >= 11 is 0. The Bertz CT molecular complexity index is 381. The molecular formula is C15H27N3. The van der Waals surface area contributed by atoms with Gasteiger partial charge in [0.05, 0.1) is 5.69 Å². The Morgan fingerprint density at radius 1 is 1.33 bits per heavy atom. The van der Waals surface area contributed by atoms with E-state index in [1.54, 1.807) is 0 Å². The summed E-state index contributed by atoms with van der Waals surface area (Å²) < 4.78 is 2.29. The summed E-state index contributed by atoms with van der Waals surface area (Å²) in [6, 6.07) is 0.639. The van der Waals surface area contributed by atoms with E-state index in [-0.39, 0.29) is 0 Å². The first-order valence-electron chi connectivity index (χ1n) is 7.24. The Labute approximate surface area is 111 Å². The van der Waals surface area contributed by atoms with Crippen molar-refractivity contribution in [2.75, 3.05) is 5.32 Å². The summed E-state index contributed by atoms with van der Waals surface area (Å²) in [5.74, 6) is 1.07. The largest absolute Gasteiger partial charge is 0.353 e. The maximum Gasteiger partial charge on any atom is 0.203 e. The fraction of sp³-hybridized carbons (Fsp3) is 0.800. The molecule has 0 aromatic carbocycles. The van der Waals surface area contributed by atoms with Crippen molar-refractivity contribution in [3.63, 3.8) is 0 Å². The molecule has 1 aliphatic rings. The van der Waals surface area contributed by atoms with Gasteiger partial charge in [-0.1, -0.05) is 33.6 Å². The smallest absolute Gasteiger partial charge is 0.203 e. The van der Waals surface area contributed by atoms with Gasteiger partial charge in [-0.2, -0.15) is 0 Å². The van der Waals surface area contributed by atoms with Gasteiger partial charge in [0, 0.05) is 18.8 Å². The van der Waals surface area contributed by atoms with Crippen LogP contribution in [-0.4, -0.2) is 15.6 Å². The predicted molar refractivity (Wildman–Crippen MR) is 76.9 cm³/mol. The molecule has 18 heavy (non-hydrogen) atoms. The summed E-state index contributed by atoms with van der Waals surface area (Å²) in [6.45, 7) is 10.0. The van der Waals surface area contributed by atoms with E-state index in [9.17, 15) is 0 Å². The lowest BCUT2D eigenvalue weighted by Crippen LogP contribution is -2.19. The van der Waals surface area contributed by atoms with Crippen LogP contribution in [0, 0.1) is 12.3 Å². The van der Waals surface area contributed by atoms with Gasteiger partial charge in [-0.25, -0.2) is 4.98 Å².